The molecule has 2 N–H and O–H groups in total. The number of nitrogens with two attached hydrogens (primary N) is 1. The van der Waals surface area contributed by atoms with Gasteiger partial charge in [0.15, 0.2) is 0 Å². The lowest BCUT2D eigenvalue weighted by Gasteiger charge is -2.33. The third-order valence-corrected chi connectivity index (χ3v) is 4.01. The van der Waals surface area contributed by atoms with Crippen LogP contribution < -0.4 is 10.5 Å². The van der Waals surface area contributed by atoms with E-state index < -0.39 is 0 Å². The molecule has 1 aromatic rings. The number of ether oxygens (including phenoxy) is 2. The van der Waals surface area contributed by atoms with Gasteiger partial charge in [0.2, 0.25) is 0 Å². The molecule has 3 unspecified atom stereocenters. The van der Waals surface area contributed by atoms with Crippen molar-refractivity contribution in [1.82, 2.24) is 0 Å². The topological polar surface area (TPSA) is 44.5 Å². The zero-order valence-corrected chi connectivity index (χ0v) is 11.2. The first-order chi connectivity index (χ1) is 8.24. The molecule has 2 heterocycles. The van der Waals surface area contributed by atoms with Gasteiger partial charge in [-0.05, 0) is 31.0 Å². The summed E-state index contributed by atoms with van der Waals surface area (Å²) in [6, 6.07) is 6.07. The highest BCUT2D eigenvalue weighted by molar-refractivity contribution is 9.10. The molecule has 2 aliphatic rings. The molecule has 0 bridgehead atoms. The predicted molar refractivity (Wildman–Crippen MR) is 69.1 cm³/mol. The highest BCUT2D eigenvalue weighted by Gasteiger charge is 2.34. The van der Waals surface area contributed by atoms with Crippen molar-refractivity contribution < 1.29 is 9.47 Å². The Morgan fingerprint density at radius 2 is 2.18 bits per heavy atom. The van der Waals surface area contributed by atoms with Crippen molar-refractivity contribution in [2.24, 2.45) is 5.73 Å². The lowest BCUT2D eigenvalue weighted by atomic mass is 9.94. The molecule has 0 radical (unpaired) electrons. The summed E-state index contributed by atoms with van der Waals surface area (Å²) >= 11 is 3.46. The Hall–Kier alpha value is -0.580. The molecule has 0 amide bonds. The quantitative estimate of drug-likeness (QED) is 0.867. The number of halogens is 1. The van der Waals surface area contributed by atoms with E-state index in [1.165, 1.54) is 0 Å². The van der Waals surface area contributed by atoms with Gasteiger partial charge in [0, 0.05) is 29.1 Å². The second-order valence-electron chi connectivity index (χ2n) is 4.73. The molecule has 0 spiro atoms. The first kappa shape index (κ1) is 11.5. The highest BCUT2D eigenvalue weighted by atomic mass is 79.9. The molecule has 3 nitrogen and oxygen atoms in total. The van der Waals surface area contributed by atoms with Crippen LogP contribution in [0, 0.1) is 0 Å². The largest absolute Gasteiger partial charge is 0.487 e. The molecule has 3 atom stereocenters. The van der Waals surface area contributed by atoms with Crippen LogP contribution in [0.3, 0.4) is 0 Å². The summed E-state index contributed by atoms with van der Waals surface area (Å²) < 4.78 is 12.8. The lowest BCUT2D eigenvalue weighted by Crippen LogP contribution is -2.38. The Bertz CT molecular complexity index is 418. The minimum atomic E-state index is 0.0467. The fourth-order valence-corrected chi connectivity index (χ4v) is 3.01. The van der Waals surface area contributed by atoms with Gasteiger partial charge >= 0.3 is 0 Å². The number of hydrogen-bond acceptors (Lipinski definition) is 3. The number of fused-ring (bicyclic) bond motifs is 1. The van der Waals surface area contributed by atoms with Gasteiger partial charge in [0.1, 0.15) is 11.9 Å². The van der Waals surface area contributed by atoms with Gasteiger partial charge in [-0.1, -0.05) is 15.9 Å². The van der Waals surface area contributed by atoms with E-state index in [2.05, 4.69) is 15.9 Å². The Balaban J connectivity index is 1.84. The molecule has 92 valence electrons. The highest BCUT2D eigenvalue weighted by Crippen LogP contribution is 2.37. The van der Waals surface area contributed by atoms with Crippen LogP contribution in [-0.2, 0) is 4.74 Å². The van der Waals surface area contributed by atoms with Crippen LogP contribution in [0.1, 0.15) is 30.9 Å². The minimum Gasteiger partial charge on any atom is -0.487 e. The molecule has 0 saturated carbocycles. The van der Waals surface area contributed by atoms with Crippen LogP contribution in [0.25, 0.3) is 0 Å². The molecular weight excluding hydrogens is 282 g/mol. The SMILES string of the molecule is NC1CC(C2CCCO2)Oc2ccc(Br)cc21. The summed E-state index contributed by atoms with van der Waals surface area (Å²) in [5.74, 6) is 0.910. The molecule has 0 aromatic heterocycles. The molecule has 1 saturated heterocycles. The molecule has 1 aromatic carbocycles. The summed E-state index contributed by atoms with van der Waals surface area (Å²) in [6.45, 7) is 0.854. The summed E-state index contributed by atoms with van der Waals surface area (Å²) in [5, 5.41) is 0. The Labute approximate surface area is 109 Å². The van der Waals surface area contributed by atoms with Gasteiger partial charge in [-0.25, -0.2) is 0 Å². The van der Waals surface area contributed by atoms with Crippen LogP contribution in [-0.4, -0.2) is 18.8 Å². The van der Waals surface area contributed by atoms with Gasteiger partial charge in [-0.2, -0.15) is 0 Å². The third kappa shape index (κ3) is 2.21. The normalized spacial score (nSPS) is 32.0. The zero-order chi connectivity index (χ0) is 11.8. The van der Waals surface area contributed by atoms with Crippen molar-refractivity contribution >= 4 is 15.9 Å². The lowest BCUT2D eigenvalue weighted by molar-refractivity contribution is -0.00196. The summed E-state index contributed by atoms with van der Waals surface area (Å²) in [4.78, 5) is 0. The van der Waals surface area contributed by atoms with Crippen molar-refractivity contribution in [2.45, 2.75) is 37.5 Å². The third-order valence-electron chi connectivity index (χ3n) is 3.52. The van der Waals surface area contributed by atoms with E-state index in [1.807, 2.05) is 18.2 Å². The molecule has 0 aliphatic carbocycles. The average molecular weight is 298 g/mol. The van der Waals surface area contributed by atoms with Gasteiger partial charge in [0.05, 0.1) is 6.10 Å². The van der Waals surface area contributed by atoms with E-state index >= 15 is 0 Å². The second kappa shape index (κ2) is 4.59. The van der Waals surface area contributed by atoms with E-state index in [0.29, 0.717) is 0 Å². The maximum Gasteiger partial charge on any atom is 0.127 e. The first-order valence-corrected chi connectivity index (χ1v) is 6.86. The van der Waals surface area contributed by atoms with Crippen molar-refractivity contribution in [3.05, 3.63) is 28.2 Å². The summed E-state index contributed by atoms with van der Waals surface area (Å²) in [6.07, 6.45) is 3.39. The molecular formula is C13H16BrNO2. The maximum absolute atomic E-state index is 6.22. The first-order valence-electron chi connectivity index (χ1n) is 6.07. The Morgan fingerprint density at radius 3 is 2.94 bits per heavy atom. The van der Waals surface area contributed by atoms with E-state index in [1.54, 1.807) is 0 Å². The Morgan fingerprint density at radius 1 is 1.29 bits per heavy atom. The average Bonchev–Trinajstić information content (AvgIpc) is 2.83. The molecule has 4 heteroatoms. The zero-order valence-electron chi connectivity index (χ0n) is 9.56. The Kier molecular flexibility index (Phi) is 3.11. The van der Waals surface area contributed by atoms with Gasteiger partial charge < -0.3 is 15.2 Å². The van der Waals surface area contributed by atoms with Crippen LogP contribution in [0.15, 0.2) is 22.7 Å². The number of hydrogen-bond donors (Lipinski definition) is 1. The van der Waals surface area contributed by atoms with Crippen molar-refractivity contribution in [1.29, 1.82) is 0 Å². The van der Waals surface area contributed by atoms with Crippen LogP contribution in [0.5, 0.6) is 5.75 Å². The van der Waals surface area contributed by atoms with Crippen molar-refractivity contribution in [3.8, 4) is 5.75 Å². The van der Waals surface area contributed by atoms with E-state index in [4.69, 9.17) is 15.2 Å². The van der Waals surface area contributed by atoms with Gasteiger partial charge in [-0.3, -0.25) is 0 Å². The fraction of sp³-hybridized carbons (Fsp3) is 0.538. The maximum atomic E-state index is 6.22. The number of rotatable bonds is 1. The van der Waals surface area contributed by atoms with E-state index in [9.17, 15) is 0 Å². The van der Waals surface area contributed by atoms with E-state index in [0.717, 1.165) is 41.7 Å². The van der Waals surface area contributed by atoms with Crippen molar-refractivity contribution in [2.75, 3.05) is 6.61 Å². The molecule has 17 heavy (non-hydrogen) atoms. The van der Waals surface area contributed by atoms with Crippen molar-refractivity contribution in [3.63, 3.8) is 0 Å². The smallest absolute Gasteiger partial charge is 0.127 e. The monoisotopic (exact) mass is 297 g/mol. The fourth-order valence-electron chi connectivity index (χ4n) is 2.63. The van der Waals surface area contributed by atoms with Crippen LogP contribution in [0.4, 0.5) is 0 Å². The van der Waals surface area contributed by atoms with E-state index in [-0.39, 0.29) is 18.2 Å². The second-order valence-corrected chi connectivity index (χ2v) is 5.65. The summed E-state index contributed by atoms with van der Waals surface area (Å²) in [5.41, 5.74) is 7.31. The summed E-state index contributed by atoms with van der Waals surface area (Å²) in [7, 11) is 0. The molecule has 2 aliphatic heterocycles. The molecule has 1 fully saturated rings. The minimum absolute atomic E-state index is 0.0467. The van der Waals surface area contributed by atoms with Crippen LogP contribution >= 0.6 is 15.9 Å². The predicted octanol–water partition coefficient (Wildman–Crippen LogP) is 2.78. The molecule has 3 rings (SSSR count). The standard InChI is InChI=1S/C13H16BrNO2/c14-8-3-4-11-9(6-8)10(15)7-13(17-11)12-2-1-5-16-12/h3-4,6,10,12-13H,1-2,5,7,15H2. The van der Waals surface area contributed by atoms with Gasteiger partial charge in [-0.15, -0.1) is 0 Å². The van der Waals surface area contributed by atoms with Gasteiger partial charge in [0.25, 0.3) is 0 Å². The number of benzene rings is 1. The van der Waals surface area contributed by atoms with Crippen LogP contribution in [0.2, 0.25) is 0 Å².